The molecule has 27 heteroatoms. The van der Waals surface area contributed by atoms with Gasteiger partial charge in [-0.15, -0.1) is 5.06 Å². The maximum absolute atomic E-state index is 14.6. The summed E-state index contributed by atoms with van der Waals surface area (Å²) in [4.78, 5) is 121. The van der Waals surface area contributed by atoms with Gasteiger partial charge in [-0.25, -0.2) is 14.0 Å². The Balaban J connectivity index is 0.00000360. The van der Waals surface area contributed by atoms with Gasteiger partial charge in [0, 0.05) is 128 Å². The molecule has 21 atom stereocenters. The zero-order chi connectivity index (χ0) is 72.2. The van der Waals surface area contributed by atoms with Gasteiger partial charge in [-0.1, -0.05) is 64.6 Å². The SMILES string of the molecule is C=C1CC2CC[C@@]34CC5O[C@H]6[C@@H](O3)[C@H]3OC(CC[C@@H]3O[C@H]6C5O4)CC(=O)C[C@H]3[C@H](C[C@H]4OC(CC[C@@H]1O2)C[C@@H](C)C4=C)OC(C[C@H](O)CCC(=O)OCc1ccc(CC(=O)[C@H](CCCNC(N)=O)NC(=O)[C@@H](CC(=O)CCCCCC(=O)ON2C(=O)CCC2=O)C(C)C)cc1)[C@@H]3OC.CN=S. The van der Waals surface area contributed by atoms with E-state index in [9.17, 15) is 48.3 Å². The van der Waals surface area contributed by atoms with Crippen LogP contribution in [0.5, 0.6) is 0 Å². The molecule has 11 aliphatic heterocycles. The summed E-state index contributed by atoms with van der Waals surface area (Å²) in [5.74, 6) is -5.36. The minimum atomic E-state index is -0.988. The van der Waals surface area contributed by atoms with Gasteiger partial charge in [0.05, 0.1) is 73.2 Å². The molecule has 5 amide bonds. The van der Waals surface area contributed by atoms with Crippen LogP contribution in [0.2, 0.25) is 0 Å². The van der Waals surface area contributed by atoms with Gasteiger partial charge < -0.3 is 73.7 Å². The van der Waals surface area contributed by atoms with Gasteiger partial charge in [-0.2, -0.15) is 0 Å². The summed E-state index contributed by atoms with van der Waals surface area (Å²) in [6, 6.07) is 5.25. The lowest BCUT2D eigenvalue weighted by molar-refractivity contribution is -0.292. The summed E-state index contributed by atoms with van der Waals surface area (Å²) < 4.78 is 69.7. The number of rotatable bonds is 27. The third-order valence-electron chi connectivity index (χ3n) is 22.0. The molecule has 12 rings (SSSR count). The van der Waals surface area contributed by atoms with Crippen molar-refractivity contribution in [1.29, 1.82) is 0 Å². The van der Waals surface area contributed by atoms with Gasteiger partial charge in [-0.3, -0.25) is 33.6 Å². The number of nitrogens with two attached hydrogens (primary N) is 1. The summed E-state index contributed by atoms with van der Waals surface area (Å²) in [5.41, 5.74) is 8.61. The Morgan fingerprint density at radius 3 is 2.17 bits per heavy atom. The van der Waals surface area contributed by atoms with Crippen LogP contribution in [0.3, 0.4) is 0 Å². The van der Waals surface area contributed by atoms with E-state index in [1.807, 2.05) is 13.8 Å². The number of Topliss-reactive ketones (excluding diaryl/α,β-unsaturated/α-hetero) is 3. The molecule has 11 saturated heterocycles. The number of amides is 5. The number of ketones is 3. The highest BCUT2D eigenvalue weighted by molar-refractivity contribution is 7.47. The van der Waals surface area contributed by atoms with E-state index in [4.69, 9.17) is 57.9 Å². The van der Waals surface area contributed by atoms with E-state index >= 15 is 0 Å². The zero-order valence-corrected chi connectivity index (χ0v) is 60.0. The topological polar surface area (TPSA) is 341 Å². The minimum absolute atomic E-state index is 0.00451. The number of nitrogens with zero attached hydrogens (tertiary/aromatic N) is 2. The number of urea groups is 1. The van der Waals surface area contributed by atoms with Crippen LogP contribution in [0.1, 0.15) is 192 Å². The second-order valence-corrected chi connectivity index (χ2v) is 30.1. The number of hydroxylamine groups is 2. The third kappa shape index (κ3) is 20.2. The number of primary amides is 1. The largest absolute Gasteiger partial charge is 0.461 e. The summed E-state index contributed by atoms with van der Waals surface area (Å²) in [5, 5.41) is 17.5. The first-order valence-electron chi connectivity index (χ1n) is 36.7. The van der Waals surface area contributed by atoms with Gasteiger partial charge in [-0.05, 0) is 111 Å². The van der Waals surface area contributed by atoms with Crippen LogP contribution < -0.4 is 16.4 Å². The molecular weight excluding hydrogens is 1330 g/mol. The van der Waals surface area contributed by atoms with Crippen molar-refractivity contribution < 1.29 is 100 Å². The molecule has 12 bridgehead atoms. The van der Waals surface area contributed by atoms with E-state index < -0.39 is 96.0 Å². The number of fused-ring (bicyclic) bond motifs is 6. The number of carbonyl (C=O) groups is 9. The van der Waals surface area contributed by atoms with Crippen molar-refractivity contribution in [2.45, 2.75) is 304 Å². The van der Waals surface area contributed by atoms with E-state index in [0.29, 0.717) is 74.0 Å². The number of unbranched alkanes of at least 4 members (excludes halogenated alkanes) is 2. The van der Waals surface area contributed by atoms with Crippen LogP contribution in [-0.2, 0) is 116 Å². The van der Waals surface area contributed by atoms with Crippen molar-refractivity contribution in [3.8, 4) is 0 Å². The summed E-state index contributed by atoms with van der Waals surface area (Å²) >= 11 is 4.02. The number of imide groups is 1. The van der Waals surface area contributed by atoms with E-state index in [1.165, 1.54) is 0 Å². The Bertz CT molecular complexity index is 3140. The fourth-order valence-electron chi connectivity index (χ4n) is 16.6. The van der Waals surface area contributed by atoms with Gasteiger partial charge in [0.1, 0.15) is 48.7 Å². The zero-order valence-electron chi connectivity index (χ0n) is 59.1. The number of benzene rings is 1. The highest BCUT2D eigenvalue weighted by atomic mass is 32.1. The number of nitrogens with one attached hydrogen (secondary N) is 2. The highest BCUT2D eigenvalue weighted by Gasteiger charge is 2.69. The summed E-state index contributed by atoms with van der Waals surface area (Å²) in [6.45, 7) is 14.9. The average Bonchev–Trinajstić information content (AvgIpc) is 1.56. The van der Waals surface area contributed by atoms with E-state index in [1.54, 1.807) is 38.4 Å². The molecule has 11 aliphatic rings. The summed E-state index contributed by atoms with van der Waals surface area (Å²) in [7, 11) is 3.16. The molecule has 558 valence electrons. The van der Waals surface area contributed by atoms with Crippen LogP contribution >= 0.6 is 0 Å². The number of carbonyl (C=O) groups excluding carboxylic acids is 9. The van der Waals surface area contributed by atoms with E-state index in [2.05, 4.69) is 47.5 Å². The molecular formula is C74H105N5O21S. The third-order valence-corrected chi connectivity index (χ3v) is 22.0. The van der Waals surface area contributed by atoms with Crippen LogP contribution in [-0.4, -0.2) is 193 Å². The number of aliphatic hydroxyl groups is 1. The Hall–Kier alpha value is -5.85. The number of esters is 1. The molecule has 0 aliphatic carbocycles. The minimum Gasteiger partial charge on any atom is -0.461 e. The van der Waals surface area contributed by atoms with Crippen molar-refractivity contribution in [3.63, 3.8) is 0 Å². The fourth-order valence-corrected chi connectivity index (χ4v) is 16.6. The van der Waals surface area contributed by atoms with Crippen LogP contribution in [0.25, 0.3) is 0 Å². The van der Waals surface area contributed by atoms with Gasteiger partial charge in [0.15, 0.2) is 11.6 Å². The normalized spacial score (nSPS) is 33.7. The monoisotopic (exact) mass is 1430 g/mol. The molecule has 101 heavy (non-hydrogen) atoms. The van der Waals surface area contributed by atoms with Crippen LogP contribution in [0, 0.1) is 23.7 Å². The van der Waals surface area contributed by atoms with Crippen LogP contribution in [0.15, 0.2) is 52.9 Å². The molecule has 1 spiro atoms. The molecule has 0 aromatic heterocycles. The molecule has 0 radical (unpaired) electrons. The number of aliphatic hydroxyl groups excluding tert-OH is 1. The maximum atomic E-state index is 14.6. The molecule has 0 saturated carbocycles. The lowest BCUT2D eigenvalue weighted by atomic mass is 9.81. The predicted octanol–water partition coefficient (Wildman–Crippen LogP) is 7.18. The molecule has 11 heterocycles. The van der Waals surface area contributed by atoms with Crippen molar-refractivity contribution in [2.75, 3.05) is 20.7 Å². The van der Waals surface area contributed by atoms with Crippen molar-refractivity contribution in [1.82, 2.24) is 15.7 Å². The predicted molar refractivity (Wildman–Crippen MR) is 364 cm³/mol. The van der Waals surface area contributed by atoms with Crippen LogP contribution in [0.4, 0.5) is 4.79 Å². The van der Waals surface area contributed by atoms with Crippen molar-refractivity contribution in [3.05, 3.63) is 59.7 Å². The number of hydrogen-bond donors (Lipinski definition) is 4. The van der Waals surface area contributed by atoms with Crippen molar-refractivity contribution in [2.24, 2.45) is 33.8 Å². The fraction of sp³-hybridized carbons (Fsp3) is 0.743. The van der Waals surface area contributed by atoms with E-state index in [0.717, 1.165) is 43.3 Å². The molecule has 5 N–H and O–H groups in total. The lowest BCUT2D eigenvalue weighted by Gasteiger charge is -2.47. The Labute approximate surface area is 597 Å². The van der Waals surface area contributed by atoms with Gasteiger partial charge >= 0.3 is 18.0 Å². The number of ether oxygens (including phenoxy) is 10. The first kappa shape index (κ1) is 77.8. The molecule has 11 fully saturated rings. The number of methoxy groups -OCH3 is 1. The highest BCUT2D eigenvalue weighted by Crippen LogP contribution is 2.55. The molecule has 26 nitrogen and oxygen atoms in total. The Morgan fingerprint density at radius 1 is 0.752 bits per heavy atom. The number of hydrogen-bond acceptors (Lipinski definition) is 23. The van der Waals surface area contributed by atoms with Gasteiger partial charge in [0.25, 0.3) is 11.8 Å². The molecule has 1 aromatic carbocycles. The Kier molecular flexibility index (Phi) is 27.5. The summed E-state index contributed by atoms with van der Waals surface area (Å²) in [6.07, 6.45) is 3.46. The first-order valence-corrected chi connectivity index (χ1v) is 37.0. The smallest absolute Gasteiger partial charge is 0.333 e. The average molecular weight is 1430 g/mol. The maximum Gasteiger partial charge on any atom is 0.333 e. The quantitative estimate of drug-likeness (QED) is 0.0293. The van der Waals surface area contributed by atoms with Gasteiger partial charge in [0.2, 0.25) is 5.91 Å². The molecule has 1 aromatic rings. The first-order chi connectivity index (χ1) is 48.4. The van der Waals surface area contributed by atoms with E-state index in [-0.39, 0.29) is 180 Å². The lowest BCUT2D eigenvalue weighted by Crippen LogP contribution is -2.61. The second-order valence-electron chi connectivity index (χ2n) is 29.7. The standard InChI is InChI=1S/C73H102N4O21.CH3NS/c1-39(2)51(33-45(78)11-8-7-9-13-64(85)98-77-61(82)23-24-62(77)83)71(86)76-53(12-10-28-75-72(74)87)54(81)31-43-14-16-44(17-15-43)38-89-63(84)25-18-46(79)35-59-65(88-6)52-34-47(80)32-49-20-22-56-66(92-49)70-69-68(94-56)67-60(95-69)37-73(96-67,97-70)27-26-50-30-41(4)55(90-50)21-19-48-29-40(3)42(5)57(91-48)36-58(52)93-59;1-2-3/h14-17,39-40,46,48-53,55-60,65-70,79H,4-5,7-13,18-38H2,1-3,6H3,(H,76,86)(H3,74,75,87);1H3/t40-,46-,48?,49?,50?,51+,52+,53+,55+,56+,57-,58+,59?,60?,65-,66+,67?,68+,69-,70+,73+;/m1./s1. The van der Waals surface area contributed by atoms with Crippen molar-refractivity contribution >= 4 is 65.5 Å². The second kappa shape index (κ2) is 35.8. The molecule has 6 unspecified atom stereocenters. The Morgan fingerprint density at radius 2 is 1.44 bits per heavy atom.